The molecule has 6 nitrogen and oxygen atoms in total. The largest absolute Gasteiger partial charge is 0.481 e. The van der Waals surface area contributed by atoms with Gasteiger partial charge in [-0.1, -0.05) is 0 Å². The monoisotopic (exact) mass is 322 g/mol. The Morgan fingerprint density at radius 1 is 1.26 bits per heavy atom. The van der Waals surface area contributed by atoms with Crippen LogP contribution in [0.15, 0.2) is 24.3 Å². The lowest BCUT2D eigenvalue weighted by atomic mass is 9.90. The quantitative estimate of drug-likeness (QED) is 0.811. The van der Waals surface area contributed by atoms with Gasteiger partial charge in [0.2, 0.25) is 0 Å². The molecule has 0 saturated carbocycles. The van der Waals surface area contributed by atoms with Crippen molar-refractivity contribution in [2.75, 3.05) is 19.6 Å². The van der Waals surface area contributed by atoms with E-state index in [-0.39, 0.29) is 37.2 Å². The first-order valence-electron chi connectivity index (χ1n) is 7.51. The van der Waals surface area contributed by atoms with Gasteiger partial charge in [-0.05, 0) is 37.1 Å². The van der Waals surface area contributed by atoms with Crippen molar-refractivity contribution < 1.29 is 23.9 Å². The number of nitrogens with one attached hydrogen (secondary N) is 1. The van der Waals surface area contributed by atoms with Crippen molar-refractivity contribution in [3.8, 4) is 0 Å². The Morgan fingerprint density at radius 3 is 2.61 bits per heavy atom. The Hall–Kier alpha value is -2.44. The van der Waals surface area contributed by atoms with Crippen molar-refractivity contribution in [2.45, 2.75) is 19.3 Å². The molecular weight excluding hydrogens is 303 g/mol. The highest BCUT2D eigenvalue weighted by atomic mass is 19.1. The van der Waals surface area contributed by atoms with Gasteiger partial charge in [0.1, 0.15) is 5.82 Å². The highest BCUT2D eigenvalue weighted by Gasteiger charge is 2.28. The van der Waals surface area contributed by atoms with E-state index in [0.29, 0.717) is 24.9 Å². The summed E-state index contributed by atoms with van der Waals surface area (Å²) in [4.78, 5) is 36.4. The van der Waals surface area contributed by atoms with Gasteiger partial charge in [-0.25, -0.2) is 9.18 Å². The predicted molar refractivity (Wildman–Crippen MR) is 80.7 cm³/mol. The molecule has 1 atom stereocenters. The molecule has 1 heterocycles. The van der Waals surface area contributed by atoms with Gasteiger partial charge in [0.15, 0.2) is 5.78 Å². The lowest BCUT2D eigenvalue weighted by Crippen LogP contribution is -2.47. The normalized spacial score (nSPS) is 17.6. The lowest BCUT2D eigenvalue weighted by Gasteiger charge is -2.32. The van der Waals surface area contributed by atoms with Crippen molar-refractivity contribution in [1.82, 2.24) is 10.2 Å². The molecular formula is C16H19FN2O4. The summed E-state index contributed by atoms with van der Waals surface area (Å²) in [5.41, 5.74) is 0.435. The number of benzene rings is 1. The Morgan fingerprint density at radius 2 is 1.96 bits per heavy atom. The van der Waals surface area contributed by atoms with E-state index in [0.717, 1.165) is 0 Å². The molecule has 0 aliphatic carbocycles. The fourth-order valence-corrected chi connectivity index (χ4v) is 2.61. The number of hydrogen-bond donors (Lipinski definition) is 2. The number of amides is 2. The number of urea groups is 1. The Bertz CT molecular complexity index is 588. The molecule has 7 heteroatoms. The van der Waals surface area contributed by atoms with Gasteiger partial charge < -0.3 is 15.3 Å². The molecule has 2 N–H and O–H groups in total. The number of piperidine rings is 1. The number of likely N-dealkylation sites (tertiary alicyclic amines) is 1. The van der Waals surface area contributed by atoms with E-state index in [1.54, 1.807) is 0 Å². The van der Waals surface area contributed by atoms with Crippen molar-refractivity contribution in [3.05, 3.63) is 35.6 Å². The van der Waals surface area contributed by atoms with Crippen LogP contribution in [0.5, 0.6) is 0 Å². The molecule has 1 aromatic carbocycles. The van der Waals surface area contributed by atoms with Crippen LogP contribution in [-0.2, 0) is 4.79 Å². The fraction of sp³-hybridized carbons (Fsp3) is 0.438. The summed E-state index contributed by atoms with van der Waals surface area (Å²) < 4.78 is 12.9. The van der Waals surface area contributed by atoms with Crippen LogP contribution in [0.2, 0.25) is 0 Å². The average Bonchev–Trinajstić information content (AvgIpc) is 2.54. The fourth-order valence-electron chi connectivity index (χ4n) is 2.61. The topological polar surface area (TPSA) is 86.7 Å². The number of Topliss-reactive ketones (excluding diaryl/α,β-unsaturated/α-hetero) is 1. The highest BCUT2D eigenvalue weighted by molar-refractivity contribution is 5.98. The van der Waals surface area contributed by atoms with Crippen LogP contribution < -0.4 is 5.32 Å². The van der Waals surface area contributed by atoms with Crippen molar-refractivity contribution in [3.63, 3.8) is 0 Å². The lowest BCUT2D eigenvalue weighted by molar-refractivity contribution is -0.136. The summed E-state index contributed by atoms with van der Waals surface area (Å²) in [6.07, 6.45) is 1.23. The third-order valence-corrected chi connectivity index (χ3v) is 3.82. The van der Waals surface area contributed by atoms with Crippen molar-refractivity contribution >= 4 is 17.8 Å². The SMILES string of the molecule is O=C(O)CCNC(=O)N1CCCC(C(=O)c2ccc(F)cc2)C1. The number of halogens is 1. The summed E-state index contributed by atoms with van der Waals surface area (Å²) in [6, 6.07) is 5.02. The van der Waals surface area contributed by atoms with Crippen LogP contribution >= 0.6 is 0 Å². The Labute approximate surface area is 133 Å². The summed E-state index contributed by atoms with van der Waals surface area (Å²) in [5.74, 6) is -1.80. The van der Waals surface area contributed by atoms with E-state index in [4.69, 9.17) is 5.11 Å². The molecule has 1 aliphatic rings. The van der Waals surface area contributed by atoms with Gasteiger partial charge in [0, 0.05) is 31.1 Å². The zero-order chi connectivity index (χ0) is 16.8. The summed E-state index contributed by atoms with van der Waals surface area (Å²) >= 11 is 0. The highest BCUT2D eigenvalue weighted by Crippen LogP contribution is 2.21. The smallest absolute Gasteiger partial charge is 0.317 e. The van der Waals surface area contributed by atoms with Gasteiger partial charge in [-0.3, -0.25) is 9.59 Å². The molecule has 1 aliphatic heterocycles. The number of rotatable bonds is 5. The number of carbonyl (C=O) groups excluding carboxylic acids is 2. The molecule has 0 aromatic heterocycles. The maximum atomic E-state index is 12.9. The van der Waals surface area contributed by atoms with E-state index in [1.165, 1.54) is 29.2 Å². The summed E-state index contributed by atoms with van der Waals surface area (Å²) in [5, 5.41) is 11.1. The molecule has 23 heavy (non-hydrogen) atoms. The third-order valence-electron chi connectivity index (χ3n) is 3.82. The molecule has 124 valence electrons. The van der Waals surface area contributed by atoms with Crippen LogP contribution in [0, 0.1) is 11.7 Å². The summed E-state index contributed by atoms with van der Waals surface area (Å²) in [7, 11) is 0. The van der Waals surface area contributed by atoms with Crippen LogP contribution in [0.25, 0.3) is 0 Å². The molecule has 0 bridgehead atoms. The second kappa shape index (κ2) is 7.71. The third kappa shape index (κ3) is 4.77. The van der Waals surface area contributed by atoms with Gasteiger partial charge in [-0.2, -0.15) is 0 Å². The van der Waals surface area contributed by atoms with E-state index in [9.17, 15) is 18.8 Å². The van der Waals surface area contributed by atoms with Gasteiger partial charge in [0.25, 0.3) is 0 Å². The average molecular weight is 322 g/mol. The number of carboxylic acid groups (broad SMARTS) is 1. The zero-order valence-electron chi connectivity index (χ0n) is 12.6. The van der Waals surface area contributed by atoms with Gasteiger partial charge in [0.05, 0.1) is 6.42 Å². The molecule has 0 radical (unpaired) electrons. The molecule has 1 unspecified atom stereocenters. The van der Waals surface area contributed by atoms with Gasteiger partial charge in [-0.15, -0.1) is 0 Å². The molecule has 1 fully saturated rings. The van der Waals surface area contributed by atoms with E-state index in [1.807, 2.05) is 0 Å². The first kappa shape index (κ1) is 16.9. The second-order valence-electron chi connectivity index (χ2n) is 5.53. The van der Waals surface area contributed by atoms with E-state index >= 15 is 0 Å². The first-order valence-corrected chi connectivity index (χ1v) is 7.51. The molecule has 2 amide bonds. The minimum atomic E-state index is -0.978. The first-order chi connectivity index (χ1) is 11.0. The standard InChI is InChI=1S/C16H19FN2O4/c17-13-5-3-11(4-6-13)15(22)12-2-1-9-19(10-12)16(23)18-8-7-14(20)21/h3-6,12H,1-2,7-10H2,(H,18,23)(H,20,21). The second-order valence-corrected chi connectivity index (χ2v) is 5.53. The molecule has 0 spiro atoms. The number of nitrogens with zero attached hydrogens (tertiary/aromatic N) is 1. The number of hydrogen-bond acceptors (Lipinski definition) is 3. The van der Waals surface area contributed by atoms with Gasteiger partial charge >= 0.3 is 12.0 Å². The number of aliphatic carboxylic acids is 1. The van der Waals surface area contributed by atoms with E-state index < -0.39 is 11.8 Å². The molecule has 1 aromatic rings. The Kier molecular flexibility index (Phi) is 5.67. The van der Waals surface area contributed by atoms with Crippen LogP contribution in [0.1, 0.15) is 29.6 Å². The minimum absolute atomic E-state index is 0.0568. The maximum absolute atomic E-state index is 12.9. The van der Waals surface area contributed by atoms with Crippen LogP contribution in [0.3, 0.4) is 0 Å². The zero-order valence-corrected chi connectivity index (χ0v) is 12.6. The summed E-state index contributed by atoms with van der Waals surface area (Å²) in [6.45, 7) is 0.877. The minimum Gasteiger partial charge on any atom is -0.481 e. The maximum Gasteiger partial charge on any atom is 0.317 e. The van der Waals surface area contributed by atoms with Crippen molar-refractivity contribution in [1.29, 1.82) is 0 Å². The number of ketones is 1. The van der Waals surface area contributed by atoms with E-state index in [2.05, 4.69) is 5.32 Å². The predicted octanol–water partition coefficient (Wildman–Crippen LogP) is 1.90. The Balaban J connectivity index is 1.92. The number of carboxylic acids is 1. The number of carbonyl (C=O) groups is 3. The van der Waals surface area contributed by atoms with Crippen LogP contribution in [0.4, 0.5) is 9.18 Å². The molecule has 2 rings (SSSR count). The molecule has 1 saturated heterocycles. The van der Waals surface area contributed by atoms with Crippen molar-refractivity contribution in [2.24, 2.45) is 5.92 Å². The van der Waals surface area contributed by atoms with Crippen LogP contribution in [-0.4, -0.2) is 47.4 Å².